The van der Waals surface area contributed by atoms with E-state index in [2.05, 4.69) is 4.74 Å². The number of fused-ring (bicyclic) bond motifs is 4. The largest absolute Gasteiger partial charge is 0.573 e. The third kappa shape index (κ3) is 6.69. The maximum Gasteiger partial charge on any atom is 0.573 e. The monoisotopic (exact) mass is 868 g/mol. The number of amides is 4. The van der Waals surface area contributed by atoms with Crippen molar-refractivity contribution < 1.29 is 61.9 Å². The fourth-order valence-corrected chi connectivity index (χ4v) is 9.34. The van der Waals surface area contributed by atoms with Crippen LogP contribution in [0.1, 0.15) is 24.3 Å². The molecule has 3 aromatic rings. The van der Waals surface area contributed by atoms with Gasteiger partial charge in [0.2, 0.25) is 23.6 Å². The van der Waals surface area contributed by atoms with Crippen LogP contribution in [0, 0.1) is 70.0 Å². The molecule has 1 N–H and O–H groups in total. The van der Waals surface area contributed by atoms with E-state index in [0.717, 1.165) is 52.3 Å². The average Bonchev–Trinajstić information content (AvgIpc) is 3.59. The Hall–Kier alpha value is -7.73. The average molecular weight is 869 g/mol. The summed E-state index contributed by atoms with van der Waals surface area (Å²) in [6, 6.07) is 5.51. The number of hydrogen-bond donors (Lipinski definition) is 1. The molecule has 6 atom stereocenters. The topological polar surface area (TPSA) is 283 Å². The van der Waals surface area contributed by atoms with Crippen LogP contribution in [0.3, 0.4) is 0 Å². The second-order valence-corrected chi connectivity index (χ2v) is 15.3. The van der Waals surface area contributed by atoms with Crippen molar-refractivity contribution in [3.8, 4) is 11.5 Å². The van der Waals surface area contributed by atoms with Gasteiger partial charge in [0.25, 0.3) is 0 Å². The molecule has 2 saturated heterocycles. The molecule has 0 bridgehead atoms. The van der Waals surface area contributed by atoms with E-state index in [4.69, 9.17) is 0 Å². The Labute approximate surface area is 344 Å². The molecule has 7 rings (SSSR count). The van der Waals surface area contributed by atoms with Crippen LogP contribution in [-0.2, 0) is 19.2 Å². The minimum atomic E-state index is -5.24. The molecule has 1 saturated carbocycles. The number of nitrogens with zero attached hydrogens (tertiary/aromatic N) is 8. The summed E-state index contributed by atoms with van der Waals surface area (Å²) in [6.07, 6.45) is -4.54. The summed E-state index contributed by atoms with van der Waals surface area (Å²) in [6.45, 7) is 0. The first-order chi connectivity index (χ1) is 28.9. The van der Waals surface area contributed by atoms with Gasteiger partial charge in [-0.1, -0.05) is 11.6 Å². The lowest BCUT2D eigenvalue weighted by molar-refractivity contribution is -0.392. The number of halogens is 3. The van der Waals surface area contributed by atoms with Gasteiger partial charge in [0, 0.05) is 63.9 Å². The highest BCUT2D eigenvalue weighted by molar-refractivity contribution is 6.24. The second kappa shape index (κ2) is 14.8. The summed E-state index contributed by atoms with van der Waals surface area (Å²) in [5, 5.41) is 59.9. The van der Waals surface area contributed by atoms with Crippen LogP contribution in [0.2, 0.25) is 0 Å². The minimum Gasteiger partial charge on any atom is -0.508 e. The number of hydrogen-bond acceptors (Lipinski definition) is 16. The van der Waals surface area contributed by atoms with Crippen molar-refractivity contribution in [2.45, 2.75) is 25.1 Å². The van der Waals surface area contributed by atoms with Gasteiger partial charge in [0.15, 0.2) is 11.4 Å². The van der Waals surface area contributed by atoms with E-state index in [1.807, 2.05) is 0 Å². The number of ether oxygens (including phenoxy) is 1. The predicted octanol–water partition coefficient (Wildman–Crippen LogP) is 5.10. The van der Waals surface area contributed by atoms with Crippen molar-refractivity contribution in [3.63, 3.8) is 0 Å². The Morgan fingerprint density at radius 1 is 0.661 bits per heavy atom. The molecular formula is C37H31F3N8O14. The summed E-state index contributed by atoms with van der Waals surface area (Å²) in [4.78, 5) is 106. The van der Waals surface area contributed by atoms with Crippen molar-refractivity contribution in [2.75, 3.05) is 47.8 Å². The number of carbonyl (C=O) groups excluding carboxylic acids is 4. The van der Waals surface area contributed by atoms with Crippen molar-refractivity contribution in [2.24, 2.45) is 29.6 Å². The van der Waals surface area contributed by atoms with Gasteiger partial charge < -0.3 is 19.6 Å². The first kappa shape index (κ1) is 42.4. The number of benzene rings is 3. The molecule has 0 spiro atoms. The zero-order valence-electron chi connectivity index (χ0n) is 32.5. The Balaban J connectivity index is 1.39. The lowest BCUT2D eigenvalue weighted by Crippen LogP contribution is -2.43. The van der Waals surface area contributed by atoms with Crippen LogP contribution in [0.4, 0.5) is 58.7 Å². The molecule has 4 aliphatic rings. The third-order valence-electron chi connectivity index (χ3n) is 11.5. The standard InChI is InChI=1S/C37H31F3N8O14/c1-41(2)31-23(45(54)55)9-15(10-24(31)46(56)57)43-33(50)19-7-6-18-20(29(19)35(43)52)14-22-30(28(18)21-13-17(5-8-27(21)49)62-37(38,39)40)36(53)44(34(22)51)16-11-25(47(58)59)32(42(3)4)26(12-16)48(60)61/h5-6,8-13,19-20,22,28-30,49H,7,14H2,1-4H3. The van der Waals surface area contributed by atoms with Gasteiger partial charge in [0.05, 0.1) is 54.7 Å². The number of nitro benzene ring substituents is 4. The van der Waals surface area contributed by atoms with E-state index in [9.17, 15) is 77.9 Å². The number of aromatic hydroxyl groups is 1. The lowest BCUT2D eigenvalue weighted by atomic mass is 9.57. The van der Waals surface area contributed by atoms with Gasteiger partial charge in [-0.25, -0.2) is 9.80 Å². The number of imide groups is 2. The molecule has 62 heavy (non-hydrogen) atoms. The molecule has 22 nitrogen and oxygen atoms in total. The van der Waals surface area contributed by atoms with Crippen LogP contribution in [0.15, 0.2) is 54.1 Å². The van der Waals surface area contributed by atoms with Gasteiger partial charge in [-0.05, 0) is 37.0 Å². The summed E-state index contributed by atoms with van der Waals surface area (Å²) in [5.74, 6) is -14.4. The summed E-state index contributed by atoms with van der Waals surface area (Å²) in [7, 11) is 5.17. The van der Waals surface area contributed by atoms with Crippen LogP contribution < -0.4 is 24.3 Å². The van der Waals surface area contributed by atoms with Crippen LogP contribution in [0.5, 0.6) is 11.5 Å². The smallest absolute Gasteiger partial charge is 0.508 e. The SMILES string of the molecule is CN(C)c1c([N+](=O)[O-])cc(N2C(=O)C3CC=C4C(CC5C(=O)N(c6cc([N+](=O)[O-])c(N(C)C)c([N+](=O)[O-])c6)C(=O)C5C4c4cc(OC(F)(F)F)ccc4O)C3C2=O)cc1[N+](=O)[O-]. The Kier molecular flexibility index (Phi) is 10.1. The number of carbonyl (C=O) groups is 4. The van der Waals surface area contributed by atoms with Crippen LogP contribution in [-0.4, -0.2) is 83.0 Å². The Bertz CT molecular complexity index is 2530. The summed E-state index contributed by atoms with van der Waals surface area (Å²) >= 11 is 0. The van der Waals surface area contributed by atoms with E-state index < -0.39 is 154 Å². The molecule has 4 amide bonds. The highest BCUT2D eigenvalue weighted by atomic mass is 19.4. The molecule has 0 aromatic heterocycles. The van der Waals surface area contributed by atoms with Crippen molar-refractivity contribution in [1.29, 1.82) is 0 Å². The fraction of sp³-hybridized carbons (Fsp3) is 0.351. The van der Waals surface area contributed by atoms with Crippen LogP contribution in [0.25, 0.3) is 0 Å². The Morgan fingerprint density at radius 3 is 1.52 bits per heavy atom. The van der Waals surface area contributed by atoms with E-state index in [1.165, 1.54) is 34.3 Å². The molecule has 3 fully saturated rings. The third-order valence-corrected chi connectivity index (χ3v) is 11.5. The molecule has 324 valence electrons. The molecule has 2 aliphatic carbocycles. The van der Waals surface area contributed by atoms with E-state index in [-0.39, 0.29) is 12.0 Å². The molecule has 2 aliphatic heterocycles. The normalized spacial score (nSPS) is 23.0. The van der Waals surface area contributed by atoms with Gasteiger partial charge in [-0.3, -0.25) is 59.6 Å². The molecule has 0 radical (unpaired) electrons. The highest BCUT2D eigenvalue weighted by Crippen LogP contribution is 2.60. The number of phenols is 1. The van der Waals surface area contributed by atoms with E-state index in [0.29, 0.717) is 9.80 Å². The molecule has 3 aromatic carbocycles. The van der Waals surface area contributed by atoms with Gasteiger partial charge in [-0.2, -0.15) is 0 Å². The molecule has 25 heteroatoms. The van der Waals surface area contributed by atoms with Gasteiger partial charge in [-0.15, -0.1) is 13.2 Å². The number of anilines is 4. The van der Waals surface area contributed by atoms with Crippen molar-refractivity contribution >= 4 is 69.1 Å². The van der Waals surface area contributed by atoms with Gasteiger partial charge >= 0.3 is 29.1 Å². The first-order valence-corrected chi connectivity index (χ1v) is 18.3. The maximum absolute atomic E-state index is 14.6. The quantitative estimate of drug-likeness (QED) is 0.120. The zero-order chi connectivity index (χ0) is 45.6. The van der Waals surface area contributed by atoms with Crippen LogP contribution >= 0.6 is 0 Å². The van der Waals surface area contributed by atoms with Gasteiger partial charge in [0.1, 0.15) is 11.5 Å². The summed E-state index contributed by atoms with van der Waals surface area (Å²) in [5.41, 5.74) is -5.70. The number of rotatable bonds is 10. The number of allylic oxidation sites excluding steroid dienone is 2. The number of phenolic OH excluding ortho intramolecular Hbond substituents is 1. The molecule has 6 unspecified atom stereocenters. The van der Waals surface area contributed by atoms with Crippen molar-refractivity contribution in [1.82, 2.24) is 0 Å². The van der Waals surface area contributed by atoms with Crippen molar-refractivity contribution in [3.05, 3.63) is 100 Å². The summed E-state index contributed by atoms with van der Waals surface area (Å²) < 4.78 is 44.5. The highest BCUT2D eigenvalue weighted by Gasteiger charge is 2.63. The second-order valence-electron chi connectivity index (χ2n) is 15.3. The maximum atomic E-state index is 14.6. The Morgan fingerprint density at radius 2 is 1.10 bits per heavy atom. The number of nitro groups is 4. The van der Waals surface area contributed by atoms with E-state index >= 15 is 0 Å². The minimum absolute atomic E-state index is 0.109. The lowest BCUT2D eigenvalue weighted by Gasteiger charge is -2.44. The first-order valence-electron chi connectivity index (χ1n) is 18.3. The van der Waals surface area contributed by atoms with E-state index in [1.54, 1.807) is 0 Å². The molecule has 2 heterocycles. The predicted molar refractivity (Wildman–Crippen MR) is 205 cm³/mol. The zero-order valence-corrected chi connectivity index (χ0v) is 32.5. The molecular weight excluding hydrogens is 837 g/mol. The number of alkyl halides is 3. The fourth-order valence-electron chi connectivity index (χ4n) is 9.34.